The van der Waals surface area contributed by atoms with E-state index in [1.54, 1.807) is 20.8 Å². The van der Waals surface area contributed by atoms with Crippen LogP contribution in [0.4, 0.5) is 0 Å². The minimum Gasteiger partial charge on any atom is -0.478 e. The lowest BCUT2D eigenvalue weighted by Crippen LogP contribution is -2.47. The minimum absolute atomic E-state index is 0.0542. The molecule has 2 heterocycles. The van der Waals surface area contributed by atoms with Gasteiger partial charge in [0.2, 0.25) is 5.60 Å². The van der Waals surface area contributed by atoms with E-state index in [4.69, 9.17) is 9.47 Å². The molecule has 0 aromatic rings. The molecule has 152 valence electrons. The highest BCUT2D eigenvalue weighted by Gasteiger charge is 2.76. The maximum Gasteiger partial charge on any atom is 0.348 e. The second-order valence-corrected chi connectivity index (χ2v) is 9.98. The van der Waals surface area contributed by atoms with Gasteiger partial charge in [0.1, 0.15) is 5.60 Å². The number of carboxylic acids is 1. The van der Waals surface area contributed by atoms with Gasteiger partial charge in [0.05, 0.1) is 17.4 Å². The summed E-state index contributed by atoms with van der Waals surface area (Å²) in [7, 11) is 0. The van der Waals surface area contributed by atoms with Crippen molar-refractivity contribution in [2.45, 2.75) is 78.4 Å². The van der Waals surface area contributed by atoms with Gasteiger partial charge < -0.3 is 19.7 Å². The number of ether oxygens (including phenoxy) is 2. The summed E-state index contributed by atoms with van der Waals surface area (Å²) in [6, 6.07) is 0. The number of hydrogen-bond acceptors (Lipinski definition) is 6. The third-order valence-electron chi connectivity index (χ3n) is 8.97. The van der Waals surface area contributed by atoms with Crippen molar-refractivity contribution in [3.05, 3.63) is 0 Å². The second-order valence-electron chi connectivity index (χ2n) is 9.98. The monoisotopic (exact) mass is 382 g/mol. The first-order chi connectivity index (χ1) is 12.2. The van der Waals surface area contributed by atoms with Crippen molar-refractivity contribution in [2.24, 2.45) is 21.7 Å². The summed E-state index contributed by atoms with van der Waals surface area (Å²) in [6.45, 7) is 11.3. The van der Waals surface area contributed by atoms with E-state index in [0.717, 1.165) is 12.8 Å². The average molecular weight is 382 g/mol. The summed E-state index contributed by atoms with van der Waals surface area (Å²) in [5, 5.41) is 18.5. The van der Waals surface area contributed by atoms with Gasteiger partial charge in [0.25, 0.3) is 0 Å². The van der Waals surface area contributed by atoms with Gasteiger partial charge in [0.15, 0.2) is 0 Å². The summed E-state index contributed by atoms with van der Waals surface area (Å²) in [4.78, 5) is 34.4. The van der Waals surface area contributed by atoms with E-state index < -0.39 is 33.4 Å². The Labute approximate surface area is 159 Å². The van der Waals surface area contributed by atoms with Gasteiger partial charge in [-0.3, -0.25) is 9.59 Å². The fourth-order valence-electron chi connectivity index (χ4n) is 5.44. The van der Waals surface area contributed by atoms with Crippen LogP contribution in [0.2, 0.25) is 0 Å². The third kappa shape index (κ3) is 1.94. The maximum atomic E-state index is 11.6. The van der Waals surface area contributed by atoms with E-state index in [-0.39, 0.29) is 24.0 Å². The number of esters is 2. The topological polar surface area (TPSA) is 110 Å². The highest BCUT2D eigenvalue weighted by atomic mass is 16.6. The standard InChI is InChI=1S/C10H14O4.C10H16O3/c1-8(2)9(3)4-5-10(8,6(11)12)14-7(9)13;1-8(2)9(3)4-5-10(8,6-11)13-7(9)12/h4-5H2,1-3H3,(H,11,12);11H,4-6H2,1-3H3. The molecule has 0 radical (unpaired) electrons. The van der Waals surface area contributed by atoms with Gasteiger partial charge in [-0.15, -0.1) is 0 Å². The number of hydrogen-bond donors (Lipinski definition) is 2. The number of fused-ring (bicyclic) bond motifs is 4. The largest absolute Gasteiger partial charge is 0.478 e. The first kappa shape index (κ1) is 20.1. The van der Waals surface area contributed by atoms with Crippen LogP contribution in [-0.4, -0.2) is 45.9 Å². The molecule has 4 fully saturated rings. The van der Waals surface area contributed by atoms with Gasteiger partial charge >= 0.3 is 17.9 Å². The molecule has 27 heavy (non-hydrogen) atoms. The Kier molecular flexibility index (Phi) is 3.91. The van der Waals surface area contributed by atoms with Crippen LogP contribution in [-0.2, 0) is 23.9 Å². The smallest absolute Gasteiger partial charge is 0.348 e. The molecule has 7 heteroatoms. The van der Waals surface area contributed by atoms with Gasteiger partial charge in [-0.2, -0.15) is 0 Å². The molecule has 4 rings (SSSR count). The van der Waals surface area contributed by atoms with Crippen LogP contribution < -0.4 is 0 Å². The van der Waals surface area contributed by atoms with Crippen LogP contribution in [0.1, 0.15) is 67.2 Å². The summed E-state index contributed by atoms with van der Waals surface area (Å²) < 4.78 is 10.4. The fourth-order valence-corrected chi connectivity index (χ4v) is 5.44. The number of carbonyl (C=O) groups excluding carboxylic acids is 2. The van der Waals surface area contributed by atoms with Crippen molar-refractivity contribution in [1.29, 1.82) is 0 Å². The quantitative estimate of drug-likeness (QED) is 0.705. The second kappa shape index (κ2) is 5.25. The Morgan fingerprint density at radius 3 is 1.56 bits per heavy atom. The normalized spacial score (nSPS) is 45.1. The zero-order chi connectivity index (χ0) is 20.7. The molecule has 2 aliphatic carbocycles. The van der Waals surface area contributed by atoms with Gasteiger partial charge in [-0.25, -0.2) is 4.79 Å². The number of rotatable bonds is 2. The van der Waals surface area contributed by atoms with Crippen LogP contribution >= 0.6 is 0 Å². The lowest BCUT2D eigenvalue weighted by Gasteiger charge is -2.35. The van der Waals surface area contributed by atoms with Crippen molar-refractivity contribution in [1.82, 2.24) is 0 Å². The zero-order valence-corrected chi connectivity index (χ0v) is 17.0. The van der Waals surface area contributed by atoms with E-state index in [1.807, 2.05) is 20.8 Å². The van der Waals surface area contributed by atoms with Crippen LogP contribution in [0.15, 0.2) is 0 Å². The maximum absolute atomic E-state index is 11.6. The lowest BCUT2D eigenvalue weighted by molar-refractivity contribution is -0.178. The van der Waals surface area contributed by atoms with Gasteiger partial charge in [-0.1, -0.05) is 27.7 Å². The molecule has 4 aliphatic rings. The van der Waals surface area contributed by atoms with Gasteiger partial charge in [-0.05, 0) is 39.5 Å². The number of aliphatic hydroxyl groups is 1. The molecule has 0 spiro atoms. The van der Waals surface area contributed by atoms with Crippen molar-refractivity contribution < 1.29 is 34.1 Å². The number of carboxylic acid groups (broad SMARTS) is 1. The summed E-state index contributed by atoms with van der Waals surface area (Å²) >= 11 is 0. The van der Waals surface area contributed by atoms with Crippen LogP contribution in [0, 0.1) is 21.7 Å². The van der Waals surface area contributed by atoms with Crippen molar-refractivity contribution in [2.75, 3.05) is 6.61 Å². The summed E-state index contributed by atoms with van der Waals surface area (Å²) in [6.07, 6.45) is 2.65. The molecule has 0 amide bonds. The highest BCUT2D eigenvalue weighted by molar-refractivity contribution is 5.92. The Balaban J connectivity index is 0.000000156. The molecule has 4 bridgehead atoms. The molecule has 0 aromatic heterocycles. The van der Waals surface area contributed by atoms with E-state index in [9.17, 15) is 24.6 Å². The lowest BCUT2D eigenvalue weighted by atomic mass is 9.66. The molecule has 7 nitrogen and oxygen atoms in total. The zero-order valence-electron chi connectivity index (χ0n) is 17.0. The minimum atomic E-state index is -1.29. The van der Waals surface area contributed by atoms with Crippen LogP contribution in [0.25, 0.3) is 0 Å². The van der Waals surface area contributed by atoms with E-state index in [2.05, 4.69) is 0 Å². The molecule has 2 saturated carbocycles. The van der Waals surface area contributed by atoms with E-state index in [1.165, 1.54) is 0 Å². The number of carbonyl (C=O) groups is 3. The van der Waals surface area contributed by atoms with Crippen LogP contribution in [0.5, 0.6) is 0 Å². The SMILES string of the molecule is CC12CCC(C(=O)O)(OC1=O)C2(C)C.CC12CCC(CO)(OC1=O)C2(C)C. The van der Waals surface area contributed by atoms with Crippen molar-refractivity contribution in [3.63, 3.8) is 0 Å². The Hall–Kier alpha value is -1.63. The number of aliphatic hydroxyl groups excluding tert-OH is 1. The summed E-state index contributed by atoms with van der Waals surface area (Å²) in [5.74, 6) is -1.52. The molecular weight excluding hydrogens is 352 g/mol. The molecule has 2 saturated heterocycles. The van der Waals surface area contributed by atoms with Crippen LogP contribution in [0.3, 0.4) is 0 Å². The Morgan fingerprint density at radius 1 is 0.852 bits per heavy atom. The molecule has 2 aliphatic heterocycles. The molecule has 4 atom stereocenters. The average Bonchev–Trinajstić information content (AvgIpc) is 3.03. The first-order valence-electron chi connectivity index (χ1n) is 9.49. The summed E-state index contributed by atoms with van der Waals surface area (Å²) in [5.41, 5.74) is -3.80. The molecule has 0 aromatic carbocycles. The van der Waals surface area contributed by atoms with E-state index in [0.29, 0.717) is 12.8 Å². The van der Waals surface area contributed by atoms with Crippen molar-refractivity contribution >= 4 is 17.9 Å². The Bertz CT molecular complexity index is 726. The van der Waals surface area contributed by atoms with E-state index >= 15 is 0 Å². The Morgan fingerprint density at radius 2 is 1.33 bits per heavy atom. The van der Waals surface area contributed by atoms with Gasteiger partial charge in [0, 0.05) is 10.8 Å². The predicted octanol–water partition coefficient (Wildman–Crippen LogP) is 2.29. The predicted molar refractivity (Wildman–Crippen MR) is 94.6 cm³/mol. The molecule has 2 N–H and O–H groups in total. The van der Waals surface area contributed by atoms with Crippen molar-refractivity contribution in [3.8, 4) is 0 Å². The molecular formula is C20H30O7. The highest BCUT2D eigenvalue weighted by Crippen LogP contribution is 2.66. The third-order valence-corrected chi connectivity index (χ3v) is 8.97. The fraction of sp³-hybridized carbons (Fsp3) is 0.850. The molecule has 4 unspecified atom stereocenters. The number of aliphatic carboxylic acids is 1. The first-order valence-corrected chi connectivity index (χ1v) is 9.49.